The molecule has 5 heterocycles. The summed E-state index contributed by atoms with van der Waals surface area (Å²) in [5.41, 5.74) is 0. The van der Waals surface area contributed by atoms with Crippen LogP contribution in [0.2, 0.25) is 0 Å². The smallest absolute Gasteiger partial charge is 0.409 e. The summed E-state index contributed by atoms with van der Waals surface area (Å²) in [6, 6.07) is 0.0417. The Morgan fingerprint density at radius 3 is 1.67 bits per heavy atom. The van der Waals surface area contributed by atoms with Gasteiger partial charge in [0.25, 0.3) is 0 Å². The number of carbonyl (C=O) groups is 3. The molecule has 2 atom stereocenters. The molecule has 0 spiro atoms. The van der Waals surface area contributed by atoms with Crippen molar-refractivity contribution in [3.05, 3.63) is 0 Å². The molecular formula is C23H47N7O4S2. The number of amides is 4. The van der Waals surface area contributed by atoms with Crippen molar-refractivity contribution in [1.29, 1.82) is 0 Å². The van der Waals surface area contributed by atoms with E-state index >= 15 is 0 Å². The van der Waals surface area contributed by atoms with Gasteiger partial charge >= 0.3 is 12.1 Å². The van der Waals surface area contributed by atoms with Crippen molar-refractivity contribution in [2.24, 2.45) is 0 Å². The minimum absolute atomic E-state index is 0.0417. The Bertz CT molecular complexity index is 660. The van der Waals surface area contributed by atoms with E-state index in [2.05, 4.69) is 49.2 Å². The van der Waals surface area contributed by atoms with E-state index in [1.54, 1.807) is 28.8 Å². The minimum Gasteiger partial charge on any atom is -0.449 e. The first-order valence-corrected chi connectivity index (χ1v) is 15.2. The lowest BCUT2D eigenvalue weighted by atomic mass is 10.4. The van der Waals surface area contributed by atoms with Gasteiger partial charge in [-0.05, 0) is 39.2 Å². The molecule has 13 heteroatoms. The Morgan fingerprint density at radius 1 is 0.778 bits per heavy atom. The lowest BCUT2D eigenvalue weighted by Crippen LogP contribution is -2.33. The van der Waals surface area contributed by atoms with Gasteiger partial charge < -0.3 is 24.8 Å². The van der Waals surface area contributed by atoms with Crippen LogP contribution in [0.5, 0.6) is 0 Å². The van der Waals surface area contributed by atoms with E-state index in [9.17, 15) is 14.4 Å². The van der Waals surface area contributed by atoms with Crippen molar-refractivity contribution in [2.45, 2.75) is 25.7 Å². The van der Waals surface area contributed by atoms with Crippen LogP contribution in [0, 0.1) is 0 Å². The molecule has 11 nitrogen and oxygen atoms in total. The number of nitrogens with zero attached hydrogens (tertiary/aromatic N) is 5. The average Bonchev–Trinajstić information content (AvgIpc) is 3.62. The Labute approximate surface area is 222 Å². The third-order valence-corrected chi connectivity index (χ3v) is 9.22. The predicted molar refractivity (Wildman–Crippen MR) is 154 cm³/mol. The summed E-state index contributed by atoms with van der Waals surface area (Å²) >= 11 is 0. The summed E-state index contributed by atoms with van der Waals surface area (Å²) in [5.74, 6) is 9.44. The second-order valence-corrected chi connectivity index (χ2v) is 12.5. The number of rotatable bonds is 0. The van der Waals surface area contributed by atoms with Gasteiger partial charge in [0, 0.05) is 79.1 Å². The fraction of sp³-hybridized carbons (Fsp3) is 0.783. The van der Waals surface area contributed by atoms with Crippen LogP contribution in [0.4, 0.5) is 9.59 Å². The number of hydrogen-bond donors (Lipinski definition) is 2. The van der Waals surface area contributed by atoms with Crippen LogP contribution in [0.25, 0.3) is 0 Å². The van der Waals surface area contributed by atoms with Gasteiger partial charge in [-0.25, -0.2) is 13.9 Å². The summed E-state index contributed by atoms with van der Waals surface area (Å²) in [5, 5.41) is 2.66. The van der Waals surface area contributed by atoms with Crippen molar-refractivity contribution in [1.82, 2.24) is 33.3 Å². The molecule has 5 rings (SSSR count). The first kappa shape index (κ1) is 32.4. The van der Waals surface area contributed by atoms with Crippen molar-refractivity contribution in [3.63, 3.8) is 0 Å². The molecule has 0 saturated carbocycles. The van der Waals surface area contributed by atoms with Gasteiger partial charge in [0.2, 0.25) is 5.91 Å². The minimum atomic E-state index is -0.198. The van der Waals surface area contributed by atoms with Gasteiger partial charge in [0.05, 0.1) is 6.61 Å². The SMILES string of the molecule is C=S1CCCN1C.C=S1NCCN1C.CN1CCCC1=O.CN1CCCOC1=O.CN1CCNC1=O. The standard InChI is InChI=1S/C5H9NO2.C5H9NO.C5H11NS.C4H8N2O.C4H10N2S/c1-6-3-2-4-8-5(6)7;1-6-4-2-3-5(6)7;1-6-4-3-5-7(6)2;1-6-3-2-5-4(6)7;1-6-4-3-5-7(6)2/h2-4H2,1H3;2-4H2,1H3;2-5H2,1H3;2-3H2,1H3,(H,5,7);5H,2-4H2,1H3. The number of likely N-dealkylation sites (N-methyl/N-ethyl adjacent to an activating group) is 2. The third kappa shape index (κ3) is 13.0. The third-order valence-electron chi connectivity index (χ3n) is 5.92. The zero-order valence-corrected chi connectivity index (χ0v) is 24.4. The molecule has 5 aliphatic rings. The second-order valence-electron chi connectivity index (χ2n) is 8.94. The Balaban J connectivity index is 0.000000225. The van der Waals surface area contributed by atoms with Crippen LogP contribution in [0.1, 0.15) is 25.7 Å². The first-order chi connectivity index (χ1) is 17.0. The quantitative estimate of drug-likeness (QED) is 0.440. The molecular weight excluding hydrogens is 502 g/mol. The predicted octanol–water partition coefficient (Wildman–Crippen LogP) is 1.33. The molecule has 4 amide bonds. The van der Waals surface area contributed by atoms with Gasteiger partial charge in [-0.1, -0.05) is 16.7 Å². The van der Waals surface area contributed by atoms with Crippen LogP contribution in [-0.2, 0) is 9.53 Å². The van der Waals surface area contributed by atoms with Gasteiger partial charge in [-0.15, -0.1) is 10.7 Å². The topological polar surface area (TPSA) is 101 Å². The summed E-state index contributed by atoms with van der Waals surface area (Å²) in [4.78, 5) is 36.4. The molecule has 0 aliphatic carbocycles. The van der Waals surface area contributed by atoms with Crippen molar-refractivity contribution < 1.29 is 19.1 Å². The van der Waals surface area contributed by atoms with Crippen LogP contribution in [0.3, 0.4) is 0 Å². The Hall–Kier alpha value is -1.67. The molecule has 0 aromatic carbocycles. The molecule has 0 radical (unpaired) electrons. The van der Waals surface area contributed by atoms with E-state index in [1.165, 1.54) is 18.7 Å². The van der Waals surface area contributed by atoms with E-state index in [-0.39, 0.29) is 23.0 Å². The van der Waals surface area contributed by atoms with Gasteiger partial charge in [-0.3, -0.25) is 13.8 Å². The lowest BCUT2D eigenvalue weighted by Gasteiger charge is -2.21. The zero-order chi connectivity index (χ0) is 27.1. The van der Waals surface area contributed by atoms with Crippen LogP contribution >= 0.6 is 21.5 Å². The molecule has 0 aromatic heterocycles. The van der Waals surface area contributed by atoms with E-state index in [0.717, 1.165) is 58.5 Å². The maximum atomic E-state index is 10.5. The number of cyclic esters (lactones) is 1. The summed E-state index contributed by atoms with van der Waals surface area (Å²) < 4.78 is 12.4. The maximum Gasteiger partial charge on any atom is 0.409 e. The number of urea groups is 1. The first-order valence-electron chi connectivity index (χ1n) is 12.3. The Kier molecular flexibility index (Phi) is 15.9. The van der Waals surface area contributed by atoms with Crippen LogP contribution < -0.4 is 10.0 Å². The monoisotopic (exact) mass is 549 g/mol. The number of ether oxygens (including phenoxy) is 1. The number of likely N-dealkylation sites (tertiary alicyclic amines) is 1. The van der Waals surface area contributed by atoms with Crippen LogP contribution in [0.15, 0.2) is 0 Å². The Morgan fingerprint density at radius 2 is 1.47 bits per heavy atom. The van der Waals surface area contributed by atoms with Gasteiger partial charge in [-0.2, -0.15) is 0 Å². The number of nitrogens with one attached hydrogen (secondary N) is 2. The second kappa shape index (κ2) is 17.7. The van der Waals surface area contributed by atoms with Gasteiger partial charge in [0.1, 0.15) is 0 Å². The highest BCUT2D eigenvalue weighted by Crippen LogP contribution is 2.22. The molecule has 2 N–H and O–H groups in total. The number of carbonyl (C=O) groups excluding carboxylic acids is 3. The molecule has 5 saturated heterocycles. The van der Waals surface area contributed by atoms with Crippen molar-refractivity contribution in [2.75, 3.05) is 93.4 Å². The van der Waals surface area contributed by atoms with Crippen molar-refractivity contribution >= 4 is 51.3 Å². The summed E-state index contributed by atoms with van der Waals surface area (Å²) in [6.45, 7) is 7.53. The molecule has 5 aliphatic heterocycles. The summed E-state index contributed by atoms with van der Waals surface area (Å²) in [6.07, 6.45) is 3.92. The molecule has 5 fully saturated rings. The maximum absolute atomic E-state index is 10.5. The summed E-state index contributed by atoms with van der Waals surface area (Å²) in [7, 11) is 10.1. The number of hydrogen-bond acceptors (Lipinski definition) is 7. The van der Waals surface area contributed by atoms with Crippen LogP contribution in [-0.4, -0.2) is 146 Å². The molecule has 0 aromatic rings. The van der Waals surface area contributed by atoms with E-state index in [1.807, 2.05) is 7.05 Å². The average molecular weight is 550 g/mol. The van der Waals surface area contributed by atoms with E-state index in [0.29, 0.717) is 23.2 Å². The fourth-order valence-electron chi connectivity index (χ4n) is 3.29. The highest BCUT2D eigenvalue weighted by molar-refractivity contribution is 8.12. The highest BCUT2D eigenvalue weighted by atomic mass is 32.2. The molecule has 0 bridgehead atoms. The van der Waals surface area contributed by atoms with Crippen molar-refractivity contribution in [3.8, 4) is 0 Å². The lowest BCUT2D eigenvalue weighted by molar-refractivity contribution is -0.126. The molecule has 36 heavy (non-hydrogen) atoms. The zero-order valence-electron chi connectivity index (χ0n) is 22.8. The van der Waals surface area contributed by atoms with E-state index < -0.39 is 0 Å². The highest BCUT2D eigenvalue weighted by Gasteiger charge is 2.15. The van der Waals surface area contributed by atoms with Gasteiger partial charge in [0.15, 0.2) is 0 Å². The molecule has 2 unspecified atom stereocenters. The largest absolute Gasteiger partial charge is 0.449 e. The van der Waals surface area contributed by atoms with E-state index in [4.69, 9.17) is 0 Å². The normalized spacial score (nSPS) is 25.9. The fourth-order valence-corrected chi connectivity index (χ4v) is 5.31. The molecule has 210 valence electrons.